The molecule has 2 aliphatic heterocycles. The van der Waals surface area contributed by atoms with Crippen molar-refractivity contribution >= 4 is 10.1 Å². The van der Waals surface area contributed by atoms with E-state index in [0.29, 0.717) is 13.1 Å². The second-order valence-electron chi connectivity index (χ2n) is 6.34. The SMILES string of the molecule is CCN1C2=CC=CC3CNCC23NC1(c1ncnn1C)S(=O)(=O)O. The van der Waals surface area contributed by atoms with Crippen molar-refractivity contribution in [2.24, 2.45) is 13.0 Å². The van der Waals surface area contributed by atoms with E-state index in [2.05, 4.69) is 26.8 Å². The summed E-state index contributed by atoms with van der Waals surface area (Å²) in [6.07, 6.45) is 7.19. The lowest BCUT2D eigenvalue weighted by Crippen LogP contribution is -2.60. The number of hydrogen-bond donors (Lipinski definition) is 3. The van der Waals surface area contributed by atoms with Gasteiger partial charge in [-0.15, -0.1) is 0 Å². The molecule has 130 valence electrons. The molecule has 3 heterocycles. The Bertz CT molecular complexity index is 846. The Morgan fingerprint density at radius 1 is 1.50 bits per heavy atom. The predicted molar refractivity (Wildman–Crippen MR) is 86.1 cm³/mol. The van der Waals surface area contributed by atoms with Gasteiger partial charge in [-0.25, -0.2) is 9.67 Å². The van der Waals surface area contributed by atoms with Crippen molar-refractivity contribution in [3.8, 4) is 0 Å². The number of allylic oxidation sites excluding steroid dienone is 2. The molecule has 2 saturated heterocycles. The molecule has 3 unspecified atom stereocenters. The molecule has 1 aromatic heterocycles. The first-order valence-electron chi connectivity index (χ1n) is 7.85. The minimum absolute atomic E-state index is 0.0865. The van der Waals surface area contributed by atoms with Crippen molar-refractivity contribution in [2.75, 3.05) is 19.6 Å². The van der Waals surface area contributed by atoms with Gasteiger partial charge in [0.15, 0.2) is 5.82 Å². The van der Waals surface area contributed by atoms with Crippen molar-refractivity contribution in [1.82, 2.24) is 30.3 Å². The minimum Gasteiger partial charge on any atom is -0.334 e. The Morgan fingerprint density at radius 2 is 2.29 bits per heavy atom. The molecule has 3 N–H and O–H groups in total. The highest BCUT2D eigenvalue weighted by molar-refractivity contribution is 7.86. The Labute approximate surface area is 140 Å². The van der Waals surface area contributed by atoms with Crippen molar-refractivity contribution in [3.05, 3.63) is 36.1 Å². The third-order valence-corrected chi connectivity index (χ3v) is 6.47. The number of nitrogens with one attached hydrogen (secondary N) is 2. The van der Waals surface area contributed by atoms with Crippen LogP contribution in [-0.2, 0) is 22.2 Å². The molecule has 0 amide bonds. The van der Waals surface area contributed by atoms with Gasteiger partial charge in [0.05, 0.1) is 5.54 Å². The zero-order valence-corrected chi connectivity index (χ0v) is 14.3. The largest absolute Gasteiger partial charge is 0.334 e. The second-order valence-corrected chi connectivity index (χ2v) is 7.88. The molecule has 24 heavy (non-hydrogen) atoms. The first kappa shape index (κ1) is 15.8. The molecule has 2 fully saturated rings. The Kier molecular flexibility index (Phi) is 3.21. The van der Waals surface area contributed by atoms with Crippen LogP contribution in [0.2, 0.25) is 0 Å². The topological polar surface area (TPSA) is 112 Å². The molecular formula is C14H20N6O3S. The molecule has 3 atom stereocenters. The summed E-state index contributed by atoms with van der Waals surface area (Å²) in [6.45, 7) is 3.54. The summed E-state index contributed by atoms with van der Waals surface area (Å²) in [4.78, 5) is 3.95. The third kappa shape index (κ3) is 1.71. The van der Waals surface area contributed by atoms with Crippen molar-refractivity contribution in [1.29, 1.82) is 0 Å². The number of hydrogen-bond acceptors (Lipinski definition) is 7. The third-order valence-electron chi connectivity index (χ3n) is 5.22. The lowest BCUT2D eigenvalue weighted by atomic mass is 9.81. The van der Waals surface area contributed by atoms with Crippen LogP contribution < -0.4 is 10.6 Å². The van der Waals surface area contributed by atoms with E-state index in [1.807, 2.05) is 19.1 Å². The average Bonchev–Trinajstić information content (AvgIpc) is 3.18. The highest BCUT2D eigenvalue weighted by Gasteiger charge is 2.67. The fraction of sp³-hybridized carbons (Fsp3) is 0.571. The fourth-order valence-corrected chi connectivity index (χ4v) is 5.47. The molecule has 0 radical (unpaired) electrons. The van der Waals surface area contributed by atoms with Gasteiger partial charge < -0.3 is 10.2 Å². The van der Waals surface area contributed by atoms with Crippen LogP contribution in [-0.4, -0.2) is 57.8 Å². The molecule has 0 bridgehead atoms. The van der Waals surface area contributed by atoms with E-state index >= 15 is 0 Å². The van der Waals surface area contributed by atoms with Gasteiger partial charge in [0.2, 0.25) is 0 Å². The van der Waals surface area contributed by atoms with Gasteiger partial charge in [0, 0.05) is 38.3 Å². The van der Waals surface area contributed by atoms with Crippen molar-refractivity contribution in [3.63, 3.8) is 0 Å². The maximum Gasteiger partial charge on any atom is 0.311 e. The van der Waals surface area contributed by atoms with Crippen LogP contribution in [0.15, 0.2) is 30.3 Å². The van der Waals surface area contributed by atoms with Crippen molar-refractivity contribution in [2.45, 2.75) is 17.5 Å². The van der Waals surface area contributed by atoms with E-state index in [1.54, 1.807) is 11.9 Å². The van der Waals surface area contributed by atoms with Gasteiger partial charge in [0.25, 0.3) is 4.99 Å². The zero-order chi connectivity index (χ0) is 17.2. The van der Waals surface area contributed by atoms with Gasteiger partial charge >= 0.3 is 10.1 Å². The van der Waals surface area contributed by atoms with Crippen molar-refractivity contribution < 1.29 is 13.0 Å². The fourth-order valence-electron chi connectivity index (χ4n) is 4.24. The quantitative estimate of drug-likeness (QED) is 0.603. The summed E-state index contributed by atoms with van der Waals surface area (Å²) in [7, 11) is -2.97. The summed E-state index contributed by atoms with van der Waals surface area (Å²) in [5, 5.41) is 10.6. The van der Waals surface area contributed by atoms with Gasteiger partial charge in [0.1, 0.15) is 6.33 Å². The van der Waals surface area contributed by atoms with Crippen LogP contribution in [0, 0.1) is 5.92 Å². The average molecular weight is 352 g/mol. The van der Waals surface area contributed by atoms with E-state index in [-0.39, 0.29) is 11.7 Å². The van der Waals surface area contributed by atoms with E-state index in [4.69, 9.17) is 0 Å². The summed E-state index contributed by atoms with van der Waals surface area (Å²) < 4.78 is 36.8. The molecule has 1 spiro atoms. The predicted octanol–water partition coefficient (Wildman–Crippen LogP) is -0.850. The molecule has 1 aromatic rings. The first-order chi connectivity index (χ1) is 11.4. The maximum atomic E-state index is 12.6. The van der Waals surface area contributed by atoms with Crippen LogP contribution in [0.25, 0.3) is 0 Å². The monoisotopic (exact) mass is 352 g/mol. The van der Waals surface area contributed by atoms with E-state index in [9.17, 15) is 13.0 Å². The first-order valence-corrected chi connectivity index (χ1v) is 9.29. The summed E-state index contributed by atoms with van der Waals surface area (Å²) in [5.41, 5.74) is 0.232. The number of aromatic nitrogens is 3. The van der Waals surface area contributed by atoms with Crippen LogP contribution in [0.5, 0.6) is 0 Å². The summed E-state index contributed by atoms with van der Waals surface area (Å²) in [5.74, 6) is 0.227. The Morgan fingerprint density at radius 3 is 2.92 bits per heavy atom. The van der Waals surface area contributed by atoms with E-state index in [1.165, 1.54) is 11.0 Å². The van der Waals surface area contributed by atoms with Gasteiger partial charge in [-0.05, 0) is 13.0 Å². The zero-order valence-electron chi connectivity index (χ0n) is 13.5. The molecular weight excluding hydrogens is 332 g/mol. The van der Waals surface area contributed by atoms with Crippen LogP contribution in [0.3, 0.4) is 0 Å². The van der Waals surface area contributed by atoms with Gasteiger partial charge in [-0.3, -0.25) is 9.87 Å². The van der Waals surface area contributed by atoms with E-state index in [0.717, 1.165) is 12.2 Å². The molecule has 1 aliphatic carbocycles. The van der Waals surface area contributed by atoms with Crippen LogP contribution in [0.4, 0.5) is 0 Å². The standard InChI is InChI=1S/C14H20N6O3S/c1-3-20-11-6-4-5-10-7-15-8-13(10,11)18-14(20,24(21,22)23)12-16-9-17-19(12)2/h4-6,9-10,15,18H,3,7-8H2,1-2H3,(H,21,22,23). The summed E-state index contributed by atoms with van der Waals surface area (Å²) >= 11 is 0. The molecule has 9 nitrogen and oxygen atoms in total. The highest BCUT2D eigenvalue weighted by Crippen LogP contribution is 2.49. The number of likely N-dealkylation sites (N-methyl/N-ethyl adjacent to an activating group) is 1. The number of rotatable bonds is 3. The Hall–Kier alpha value is -1.75. The smallest absolute Gasteiger partial charge is 0.311 e. The van der Waals surface area contributed by atoms with Crippen LogP contribution in [0.1, 0.15) is 12.7 Å². The van der Waals surface area contributed by atoms with Gasteiger partial charge in [-0.2, -0.15) is 13.5 Å². The van der Waals surface area contributed by atoms with Gasteiger partial charge in [-0.1, -0.05) is 12.2 Å². The Balaban J connectivity index is 2.01. The molecule has 4 rings (SSSR count). The summed E-state index contributed by atoms with van der Waals surface area (Å²) in [6, 6.07) is 0. The minimum atomic E-state index is -4.58. The van der Waals surface area contributed by atoms with E-state index < -0.39 is 20.7 Å². The second kappa shape index (κ2) is 4.88. The molecule has 0 saturated carbocycles. The lowest BCUT2D eigenvalue weighted by Gasteiger charge is -2.34. The molecule has 0 aromatic carbocycles. The molecule has 10 heteroatoms. The van der Waals surface area contributed by atoms with Crippen LogP contribution >= 0.6 is 0 Å². The normalized spacial score (nSPS) is 35.0. The number of aryl methyl sites for hydroxylation is 1. The number of nitrogens with zero attached hydrogens (tertiary/aromatic N) is 4. The lowest BCUT2D eigenvalue weighted by molar-refractivity contribution is 0.197. The molecule has 3 aliphatic rings. The highest BCUT2D eigenvalue weighted by atomic mass is 32.2. The maximum absolute atomic E-state index is 12.6.